The minimum Gasteiger partial charge on any atom is -0.486 e. The lowest BCUT2D eigenvalue weighted by molar-refractivity contribution is -0.0292. The van der Waals surface area contributed by atoms with E-state index in [2.05, 4.69) is 4.90 Å². The number of hydrogen-bond donors (Lipinski definition) is 1. The van der Waals surface area contributed by atoms with Crippen molar-refractivity contribution in [3.8, 4) is 11.5 Å². The molecule has 1 saturated heterocycles. The Morgan fingerprint density at radius 2 is 1.73 bits per heavy atom. The van der Waals surface area contributed by atoms with E-state index in [1.165, 1.54) is 6.07 Å². The van der Waals surface area contributed by atoms with Crippen LogP contribution in [-0.4, -0.2) is 74.8 Å². The highest BCUT2D eigenvalue weighted by Gasteiger charge is 2.23. The first-order chi connectivity index (χ1) is 14.2. The lowest BCUT2D eigenvalue weighted by Gasteiger charge is -2.37. The fraction of sp³-hybridized carbons (Fsp3) is 0.455. The van der Waals surface area contributed by atoms with Crippen LogP contribution in [0.5, 0.6) is 11.5 Å². The average Bonchev–Trinajstić information content (AvgIpc) is 2.75. The van der Waals surface area contributed by atoms with E-state index < -0.39 is 6.10 Å². The first kappa shape index (κ1) is 22.6. The molecule has 0 radical (unpaired) electrons. The van der Waals surface area contributed by atoms with E-state index in [4.69, 9.17) is 14.2 Å². The van der Waals surface area contributed by atoms with Crippen LogP contribution in [0.1, 0.15) is 0 Å². The second-order valence-electron chi connectivity index (χ2n) is 7.43. The van der Waals surface area contributed by atoms with Gasteiger partial charge >= 0.3 is 0 Å². The van der Waals surface area contributed by atoms with Gasteiger partial charge in [0.05, 0.1) is 25.0 Å². The molecule has 2 aromatic carbocycles. The van der Waals surface area contributed by atoms with Crippen molar-refractivity contribution >= 4 is 18.1 Å². The molecule has 2 aliphatic heterocycles. The maximum Gasteiger partial charge on any atom is 0.161 e. The van der Waals surface area contributed by atoms with Crippen molar-refractivity contribution in [1.29, 1.82) is 0 Å². The number of ether oxygens (including phenoxy) is 3. The third-order valence-corrected chi connectivity index (χ3v) is 5.22. The molecule has 2 aliphatic rings. The van der Waals surface area contributed by atoms with E-state index >= 15 is 0 Å². The minimum absolute atomic E-state index is 0. The Morgan fingerprint density at radius 1 is 1.03 bits per heavy atom. The topological polar surface area (TPSA) is 54.4 Å². The summed E-state index contributed by atoms with van der Waals surface area (Å²) in [6.07, 6.45) is -0.756. The van der Waals surface area contributed by atoms with Gasteiger partial charge in [0.1, 0.15) is 12.4 Å². The number of aliphatic hydroxyl groups excluding tert-OH is 1. The fourth-order valence-electron chi connectivity index (χ4n) is 3.71. The first-order valence-electron chi connectivity index (χ1n) is 10.0. The molecule has 0 bridgehead atoms. The predicted molar refractivity (Wildman–Crippen MR) is 115 cm³/mol. The SMILES string of the molecule is Cl.OC(COCC1COc2ccccc2O1)CN1CCN(c2ccccc2F)CC1. The summed E-state index contributed by atoms with van der Waals surface area (Å²) < 4.78 is 31.1. The molecule has 2 heterocycles. The molecule has 0 aromatic heterocycles. The molecular formula is C22H28ClFN2O4. The van der Waals surface area contributed by atoms with Crippen molar-refractivity contribution in [2.45, 2.75) is 12.2 Å². The van der Waals surface area contributed by atoms with Gasteiger partial charge in [-0.2, -0.15) is 0 Å². The highest BCUT2D eigenvalue weighted by atomic mass is 35.5. The molecule has 0 spiro atoms. The fourth-order valence-corrected chi connectivity index (χ4v) is 3.71. The molecule has 8 heteroatoms. The summed E-state index contributed by atoms with van der Waals surface area (Å²) in [7, 11) is 0. The van der Waals surface area contributed by atoms with Gasteiger partial charge in [0.15, 0.2) is 17.6 Å². The molecule has 2 atom stereocenters. The maximum absolute atomic E-state index is 13.9. The van der Waals surface area contributed by atoms with Crippen molar-refractivity contribution in [3.63, 3.8) is 0 Å². The first-order valence-corrected chi connectivity index (χ1v) is 10.0. The zero-order valence-corrected chi connectivity index (χ0v) is 17.6. The number of piperazine rings is 1. The normalized spacial score (nSPS) is 19.8. The number of hydrogen-bond acceptors (Lipinski definition) is 6. The van der Waals surface area contributed by atoms with Crippen LogP contribution in [0.4, 0.5) is 10.1 Å². The van der Waals surface area contributed by atoms with Crippen LogP contribution in [-0.2, 0) is 4.74 Å². The molecule has 1 fully saturated rings. The molecule has 1 N–H and O–H groups in total. The monoisotopic (exact) mass is 438 g/mol. The molecule has 2 aromatic rings. The zero-order valence-electron chi connectivity index (χ0n) is 16.8. The van der Waals surface area contributed by atoms with Crippen LogP contribution in [0.25, 0.3) is 0 Å². The van der Waals surface area contributed by atoms with E-state index in [0.29, 0.717) is 25.4 Å². The van der Waals surface area contributed by atoms with Crippen LogP contribution in [0.3, 0.4) is 0 Å². The lowest BCUT2D eigenvalue weighted by atomic mass is 10.2. The highest BCUT2D eigenvalue weighted by Crippen LogP contribution is 2.30. The number of fused-ring (bicyclic) bond motifs is 1. The molecule has 30 heavy (non-hydrogen) atoms. The summed E-state index contributed by atoms with van der Waals surface area (Å²) in [5, 5.41) is 10.3. The summed E-state index contributed by atoms with van der Waals surface area (Å²) in [5.41, 5.74) is 0.646. The van der Waals surface area contributed by atoms with E-state index in [1.807, 2.05) is 41.3 Å². The maximum atomic E-state index is 13.9. The third kappa shape index (κ3) is 5.76. The van der Waals surface area contributed by atoms with E-state index in [9.17, 15) is 9.50 Å². The van der Waals surface area contributed by atoms with Gasteiger partial charge in [-0.1, -0.05) is 24.3 Å². The number of β-amino-alcohol motifs (C(OH)–C–C–N with tert-alkyl or cyclic N) is 1. The summed E-state index contributed by atoms with van der Waals surface area (Å²) in [5.74, 6) is 1.28. The Bertz CT molecular complexity index is 804. The second kappa shape index (κ2) is 10.8. The number of aliphatic hydroxyl groups is 1. The van der Waals surface area contributed by atoms with Gasteiger partial charge in [-0.25, -0.2) is 4.39 Å². The van der Waals surface area contributed by atoms with E-state index in [1.54, 1.807) is 6.07 Å². The summed E-state index contributed by atoms with van der Waals surface area (Å²) in [6.45, 7) is 4.62. The average molecular weight is 439 g/mol. The molecule has 0 aliphatic carbocycles. The molecule has 4 rings (SSSR count). The van der Waals surface area contributed by atoms with Gasteiger partial charge in [-0.05, 0) is 24.3 Å². The molecule has 6 nitrogen and oxygen atoms in total. The smallest absolute Gasteiger partial charge is 0.161 e. The number of para-hydroxylation sites is 3. The molecule has 2 unspecified atom stereocenters. The van der Waals surface area contributed by atoms with Crippen molar-refractivity contribution in [2.75, 3.05) is 57.4 Å². The molecule has 164 valence electrons. The van der Waals surface area contributed by atoms with Gasteiger partial charge in [-0.3, -0.25) is 4.90 Å². The summed E-state index contributed by atoms with van der Waals surface area (Å²) >= 11 is 0. The number of benzene rings is 2. The van der Waals surface area contributed by atoms with Gasteiger partial charge in [0.25, 0.3) is 0 Å². The largest absolute Gasteiger partial charge is 0.486 e. The Balaban J connectivity index is 0.00000256. The highest BCUT2D eigenvalue weighted by molar-refractivity contribution is 5.85. The van der Waals surface area contributed by atoms with Crippen LogP contribution < -0.4 is 14.4 Å². The zero-order chi connectivity index (χ0) is 20.1. The molecule has 0 saturated carbocycles. The van der Waals surface area contributed by atoms with Crippen LogP contribution >= 0.6 is 12.4 Å². The van der Waals surface area contributed by atoms with Crippen molar-refractivity contribution in [3.05, 3.63) is 54.3 Å². The Kier molecular flexibility index (Phi) is 8.16. The minimum atomic E-state index is -0.577. The predicted octanol–water partition coefficient (Wildman–Crippen LogP) is 2.59. The van der Waals surface area contributed by atoms with Crippen LogP contribution in [0, 0.1) is 5.82 Å². The van der Waals surface area contributed by atoms with Gasteiger partial charge in [-0.15, -0.1) is 12.4 Å². The van der Waals surface area contributed by atoms with Crippen LogP contribution in [0.2, 0.25) is 0 Å². The van der Waals surface area contributed by atoms with Gasteiger partial charge < -0.3 is 24.2 Å². The number of nitrogens with zero attached hydrogens (tertiary/aromatic N) is 2. The van der Waals surface area contributed by atoms with E-state index in [-0.39, 0.29) is 30.9 Å². The molecule has 0 amide bonds. The van der Waals surface area contributed by atoms with Gasteiger partial charge in [0.2, 0.25) is 0 Å². The van der Waals surface area contributed by atoms with Crippen LogP contribution in [0.15, 0.2) is 48.5 Å². The Labute approximate surface area is 182 Å². The lowest BCUT2D eigenvalue weighted by Crippen LogP contribution is -2.49. The number of rotatable bonds is 7. The van der Waals surface area contributed by atoms with Crippen molar-refractivity contribution in [1.82, 2.24) is 4.90 Å². The van der Waals surface area contributed by atoms with Gasteiger partial charge in [0, 0.05) is 32.7 Å². The summed E-state index contributed by atoms with van der Waals surface area (Å²) in [6, 6.07) is 14.4. The number of halogens is 2. The number of anilines is 1. The Morgan fingerprint density at radius 3 is 2.50 bits per heavy atom. The summed E-state index contributed by atoms with van der Waals surface area (Å²) in [4.78, 5) is 4.23. The molecular weight excluding hydrogens is 411 g/mol. The Hall–Kier alpha value is -2.06. The van der Waals surface area contributed by atoms with Crippen molar-refractivity contribution < 1.29 is 23.7 Å². The second-order valence-corrected chi connectivity index (χ2v) is 7.43. The third-order valence-electron chi connectivity index (χ3n) is 5.22. The van der Waals surface area contributed by atoms with E-state index in [0.717, 1.165) is 37.7 Å². The van der Waals surface area contributed by atoms with Crippen molar-refractivity contribution in [2.24, 2.45) is 0 Å². The standard InChI is InChI=1S/C22H27FN2O4.ClH/c23-19-5-1-2-6-20(19)25-11-9-24(10-12-25)13-17(26)14-27-15-18-16-28-21-7-3-4-8-22(21)29-18;/h1-8,17-18,26H,9-16H2;1H. The quantitative estimate of drug-likeness (QED) is 0.717.